The van der Waals surface area contributed by atoms with Crippen LogP contribution in [0.3, 0.4) is 0 Å². The number of hydrogen-bond acceptors (Lipinski definition) is 8. The Morgan fingerprint density at radius 3 is 2.08 bits per heavy atom. The van der Waals surface area contributed by atoms with Gasteiger partial charge >= 0.3 is 12.1 Å². The molecule has 0 radical (unpaired) electrons. The fourth-order valence-corrected chi connectivity index (χ4v) is 5.60. The molecule has 0 saturated heterocycles. The maximum atomic E-state index is 13.9. The summed E-state index contributed by atoms with van der Waals surface area (Å²) in [7, 11) is 3.18. The van der Waals surface area contributed by atoms with Crippen molar-refractivity contribution in [2.45, 2.75) is 70.5 Å². The van der Waals surface area contributed by atoms with Crippen LogP contribution in [0, 0.1) is 5.92 Å². The van der Waals surface area contributed by atoms with Crippen LogP contribution in [0.2, 0.25) is 0 Å². The molecule has 0 aliphatic rings. The summed E-state index contributed by atoms with van der Waals surface area (Å²) in [4.78, 5) is 49.8. The minimum Gasteiger partial charge on any atom is -0.495 e. The average Bonchev–Trinajstić information content (AvgIpc) is 3.13. The number of rotatable bonds is 17. The van der Waals surface area contributed by atoms with Crippen molar-refractivity contribution in [3.63, 3.8) is 0 Å². The third-order valence-electron chi connectivity index (χ3n) is 8.36. The van der Waals surface area contributed by atoms with Crippen LogP contribution >= 0.6 is 0 Å². The van der Waals surface area contributed by atoms with Gasteiger partial charge in [-0.05, 0) is 54.0 Å². The fourth-order valence-electron chi connectivity index (χ4n) is 5.60. The molecule has 4 atom stereocenters. The number of ether oxygens (including phenoxy) is 2. The number of nitrogens with one attached hydrogen (secondary N) is 3. The van der Waals surface area contributed by atoms with Crippen molar-refractivity contribution in [2.24, 2.45) is 5.92 Å². The molecule has 4 N–H and O–H groups in total. The monoisotopic (exact) mass is 696 g/mol. The van der Waals surface area contributed by atoms with Crippen LogP contribution < -0.4 is 20.7 Å². The molecule has 4 rings (SSSR count). The van der Waals surface area contributed by atoms with Crippen LogP contribution in [0.15, 0.2) is 104 Å². The molecule has 2 aromatic carbocycles. The summed E-state index contributed by atoms with van der Waals surface area (Å²) >= 11 is 0. The van der Waals surface area contributed by atoms with Gasteiger partial charge in [0, 0.05) is 43.8 Å². The molecule has 2 aromatic heterocycles. The Morgan fingerprint density at radius 1 is 0.804 bits per heavy atom. The highest BCUT2D eigenvalue weighted by Gasteiger charge is 2.31. The minimum atomic E-state index is -1.08. The molecule has 270 valence electrons. The van der Waals surface area contributed by atoms with Gasteiger partial charge in [0.05, 0.1) is 25.5 Å². The van der Waals surface area contributed by atoms with Crippen molar-refractivity contribution in [3.8, 4) is 5.75 Å². The molecule has 1 unspecified atom stereocenters. The van der Waals surface area contributed by atoms with Crippen LogP contribution in [0.5, 0.6) is 5.75 Å². The number of aliphatic hydroxyl groups excluding tert-OH is 1. The van der Waals surface area contributed by atoms with E-state index in [1.807, 2.05) is 80.6 Å². The first-order chi connectivity index (χ1) is 24.6. The lowest BCUT2D eigenvalue weighted by molar-refractivity contribution is -0.125. The van der Waals surface area contributed by atoms with E-state index in [4.69, 9.17) is 9.47 Å². The van der Waals surface area contributed by atoms with E-state index in [2.05, 4.69) is 25.9 Å². The Morgan fingerprint density at radius 2 is 1.45 bits per heavy atom. The van der Waals surface area contributed by atoms with E-state index in [1.165, 1.54) is 4.90 Å². The zero-order valence-corrected chi connectivity index (χ0v) is 29.6. The summed E-state index contributed by atoms with van der Waals surface area (Å²) in [6.45, 7) is 3.98. The molecule has 51 heavy (non-hydrogen) atoms. The van der Waals surface area contributed by atoms with Gasteiger partial charge in [-0.1, -0.05) is 80.6 Å². The quantitative estimate of drug-likeness (QED) is 0.124. The maximum Gasteiger partial charge on any atom is 0.407 e. The number of nitrogens with zero attached hydrogens (tertiary/aromatic N) is 3. The van der Waals surface area contributed by atoms with Crippen LogP contribution in [-0.2, 0) is 35.5 Å². The lowest BCUT2D eigenvalue weighted by atomic mass is 9.93. The Balaban J connectivity index is 1.47. The third-order valence-corrected chi connectivity index (χ3v) is 8.36. The van der Waals surface area contributed by atoms with E-state index in [-0.39, 0.29) is 25.5 Å². The third kappa shape index (κ3) is 12.7. The van der Waals surface area contributed by atoms with Crippen LogP contribution in [-0.4, -0.2) is 76.4 Å². The van der Waals surface area contributed by atoms with Crippen LogP contribution in [0.4, 0.5) is 9.59 Å². The zero-order valence-electron chi connectivity index (χ0n) is 29.6. The number of benzene rings is 2. The lowest BCUT2D eigenvalue weighted by Crippen LogP contribution is -2.57. The van der Waals surface area contributed by atoms with E-state index in [1.54, 1.807) is 51.1 Å². The zero-order chi connectivity index (χ0) is 36.6. The summed E-state index contributed by atoms with van der Waals surface area (Å²) in [5.74, 6) is -0.123. The number of hydrogen-bond donors (Lipinski definition) is 4. The second kappa shape index (κ2) is 19.6. The number of carbonyl (C=O) groups is 3. The molecule has 0 aliphatic heterocycles. The molecule has 0 saturated carbocycles. The molecule has 0 spiro atoms. The highest BCUT2D eigenvalue weighted by molar-refractivity contribution is 5.87. The molecule has 0 fully saturated rings. The second-order valence-corrected chi connectivity index (χ2v) is 12.8. The van der Waals surface area contributed by atoms with Crippen molar-refractivity contribution in [1.29, 1.82) is 0 Å². The number of alkyl carbamates (subject to hydrolysis) is 1. The van der Waals surface area contributed by atoms with Gasteiger partial charge in [-0.15, -0.1) is 0 Å². The predicted molar refractivity (Wildman–Crippen MR) is 194 cm³/mol. The topological polar surface area (TPSA) is 155 Å². The van der Waals surface area contributed by atoms with Crippen molar-refractivity contribution in [2.75, 3.05) is 14.2 Å². The van der Waals surface area contributed by atoms with Crippen molar-refractivity contribution in [3.05, 3.63) is 126 Å². The number of methoxy groups -OCH3 is 1. The van der Waals surface area contributed by atoms with E-state index >= 15 is 0 Å². The van der Waals surface area contributed by atoms with Gasteiger partial charge in [-0.25, -0.2) is 9.59 Å². The van der Waals surface area contributed by atoms with E-state index in [0.717, 1.165) is 22.3 Å². The van der Waals surface area contributed by atoms with Gasteiger partial charge in [0.2, 0.25) is 5.91 Å². The van der Waals surface area contributed by atoms with Crippen LogP contribution in [0.1, 0.15) is 42.5 Å². The Bertz CT molecular complexity index is 1660. The average molecular weight is 697 g/mol. The van der Waals surface area contributed by atoms with Crippen molar-refractivity contribution < 1.29 is 29.0 Å². The highest BCUT2D eigenvalue weighted by Crippen LogP contribution is 2.16. The standard InChI is InChI=1S/C39H48N6O6/c1-27(2)36(44-38(48)45(3)25-31-19-33(50-4)24-41-23-31)37(47)43-34(20-29-14-9-6-10-15-29)35(46)21-32(18-28-12-7-5-8-13-28)42-39(49)51-26-30-16-11-17-40-22-30/h5-17,19,22-24,27,32,34-36,46H,18,20-21,25-26H2,1-4H3,(H,42,49)(H,43,47)(H,44,48)/t32-,34-,35-,36?/m0/s1. The van der Waals surface area contributed by atoms with Gasteiger partial charge in [-0.3, -0.25) is 14.8 Å². The fraction of sp³-hybridized carbons (Fsp3) is 0.359. The Kier molecular flexibility index (Phi) is 14.8. The number of aliphatic hydroxyl groups is 1. The van der Waals surface area contributed by atoms with Crippen LogP contribution in [0.25, 0.3) is 0 Å². The smallest absolute Gasteiger partial charge is 0.407 e. The number of aromatic nitrogens is 2. The molecule has 2 heterocycles. The first-order valence-electron chi connectivity index (χ1n) is 17.0. The number of carbonyl (C=O) groups excluding carboxylic acids is 3. The lowest BCUT2D eigenvalue weighted by Gasteiger charge is -2.31. The molecule has 0 bridgehead atoms. The van der Waals surface area contributed by atoms with Crippen molar-refractivity contribution >= 4 is 18.0 Å². The van der Waals surface area contributed by atoms with E-state index in [9.17, 15) is 19.5 Å². The Labute approximate surface area is 299 Å². The minimum absolute atomic E-state index is 0.0426. The molecule has 12 nitrogen and oxygen atoms in total. The molecular weight excluding hydrogens is 648 g/mol. The number of amides is 4. The summed E-state index contributed by atoms with van der Waals surface area (Å²) in [5, 5.41) is 20.6. The summed E-state index contributed by atoms with van der Waals surface area (Å²) in [6, 6.07) is 21.9. The molecule has 4 amide bonds. The summed E-state index contributed by atoms with van der Waals surface area (Å²) in [6.07, 6.45) is 5.64. The molecule has 4 aromatic rings. The van der Waals surface area contributed by atoms with Crippen molar-refractivity contribution in [1.82, 2.24) is 30.8 Å². The van der Waals surface area contributed by atoms with E-state index in [0.29, 0.717) is 18.6 Å². The number of pyridine rings is 2. The van der Waals surface area contributed by atoms with Gasteiger partial charge in [0.15, 0.2) is 0 Å². The Hall–Kier alpha value is -5.49. The first-order valence-corrected chi connectivity index (χ1v) is 17.0. The highest BCUT2D eigenvalue weighted by atomic mass is 16.5. The SMILES string of the molecule is COc1cncc(CN(C)C(=O)NC(C(=O)N[C@@H](Cc2ccccc2)[C@@H](O)C[C@H](Cc2ccccc2)NC(=O)OCc2cccnc2)C(C)C)c1. The second-order valence-electron chi connectivity index (χ2n) is 12.8. The molecule has 0 aliphatic carbocycles. The van der Waals surface area contributed by atoms with Gasteiger partial charge in [0.25, 0.3) is 0 Å². The number of urea groups is 1. The van der Waals surface area contributed by atoms with E-state index < -0.39 is 42.3 Å². The predicted octanol–water partition coefficient (Wildman–Crippen LogP) is 4.67. The molecule has 12 heteroatoms. The van der Waals surface area contributed by atoms with Gasteiger partial charge in [-0.2, -0.15) is 0 Å². The maximum absolute atomic E-state index is 13.9. The van der Waals surface area contributed by atoms with Gasteiger partial charge in [0.1, 0.15) is 18.4 Å². The normalized spacial score (nSPS) is 13.3. The molecular formula is C39H48N6O6. The first kappa shape index (κ1) is 38.3. The van der Waals surface area contributed by atoms with Gasteiger partial charge < -0.3 is 35.4 Å². The summed E-state index contributed by atoms with van der Waals surface area (Å²) < 4.78 is 10.7. The summed E-state index contributed by atoms with van der Waals surface area (Å²) in [5.41, 5.74) is 3.38. The largest absolute Gasteiger partial charge is 0.495 e.